The average Bonchev–Trinajstić information content (AvgIpc) is 1.96. The Labute approximate surface area is 68.4 Å². The molecule has 0 saturated heterocycles. The number of nitrogens with one attached hydrogen (secondary N) is 1. The fraction of sp³-hybridized carbons (Fsp3) is 0. The van der Waals surface area contributed by atoms with Gasteiger partial charge in [0, 0.05) is 6.07 Å². The lowest BCUT2D eigenvalue weighted by atomic mass is 10.3. The maximum absolute atomic E-state index is 10.4. The number of phenols is 2. The number of nitrogens with two attached hydrogens (primary N) is 1. The summed E-state index contributed by atoms with van der Waals surface area (Å²) in [5, 5.41) is 20.2. The molecule has 12 heavy (non-hydrogen) atoms. The molecule has 0 radical (unpaired) electrons. The van der Waals surface area contributed by atoms with Crippen molar-refractivity contribution in [3.8, 4) is 11.5 Å². The number of urea groups is 1. The molecule has 0 atom stereocenters. The molecule has 1 rings (SSSR count). The Bertz CT molecular complexity index is 312. The van der Waals surface area contributed by atoms with Crippen molar-refractivity contribution in [2.75, 3.05) is 5.32 Å². The fourth-order valence-electron chi connectivity index (χ4n) is 0.757. The predicted octanol–water partition coefficient (Wildman–Crippen LogP) is 0.588. The maximum Gasteiger partial charge on any atom is 0.316 e. The number of amides is 2. The minimum atomic E-state index is -0.795. The van der Waals surface area contributed by atoms with Crippen LogP contribution < -0.4 is 11.1 Å². The summed E-state index contributed by atoms with van der Waals surface area (Å²) in [7, 11) is 0. The number of phenolic OH excluding ortho intramolecular Hbond substituents is 2. The van der Waals surface area contributed by atoms with E-state index in [1.165, 1.54) is 18.2 Å². The topological polar surface area (TPSA) is 95.6 Å². The van der Waals surface area contributed by atoms with Gasteiger partial charge in [-0.05, 0) is 12.1 Å². The number of anilines is 1. The molecule has 1 aromatic carbocycles. The molecule has 5 N–H and O–H groups in total. The average molecular weight is 168 g/mol. The highest BCUT2D eigenvalue weighted by Gasteiger charge is 2.03. The van der Waals surface area contributed by atoms with E-state index in [4.69, 9.17) is 15.9 Å². The summed E-state index contributed by atoms with van der Waals surface area (Å²) < 4.78 is 0. The third-order valence-electron chi connectivity index (χ3n) is 1.24. The third-order valence-corrected chi connectivity index (χ3v) is 1.24. The molecular weight excluding hydrogens is 160 g/mol. The summed E-state index contributed by atoms with van der Waals surface area (Å²) in [5.41, 5.74) is 4.89. The van der Waals surface area contributed by atoms with E-state index in [0.717, 1.165) is 0 Å². The van der Waals surface area contributed by atoms with E-state index in [2.05, 4.69) is 5.32 Å². The predicted molar refractivity (Wildman–Crippen MR) is 43.0 cm³/mol. The molecule has 0 aromatic heterocycles. The Kier molecular flexibility index (Phi) is 2.05. The molecular formula is C7H8N2O3. The van der Waals surface area contributed by atoms with Crippen molar-refractivity contribution in [3.63, 3.8) is 0 Å². The smallest absolute Gasteiger partial charge is 0.316 e. The van der Waals surface area contributed by atoms with Crippen LogP contribution in [0.2, 0.25) is 0 Å². The first-order valence-corrected chi connectivity index (χ1v) is 3.18. The third kappa shape index (κ3) is 1.79. The van der Waals surface area contributed by atoms with E-state index in [1.807, 2.05) is 0 Å². The quantitative estimate of drug-likeness (QED) is 0.365. The van der Waals surface area contributed by atoms with Gasteiger partial charge in [-0.3, -0.25) is 0 Å². The van der Waals surface area contributed by atoms with E-state index in [-0.39, 0.29) is 17.2 Å². The minimum absolute atomic E-state index is 0.0587. The van der Waals surface area contributed by atoms with Gasteiger partial charge in [0.15, 0.2) is 0 Å². The monoisotopic (exact) mass is 168 g/mol. The van der Waals surface area contributed by atoms with Crippen molar-refractivity contribution in [1.82, 2.24) is 0 Å². The van der Waals surface area contributed by atoms with Crippen molar-refractivity contribution in [1.29, 1.82) is 0 Å². The van der Waals surface area contributed by atoms with Crippen LogP contribution in [0.5, 0.6) is 11.5 Å². The zero-order valence-electron chi connectivity index (χ0n) is 6.11. The zero-order chi connectivity index (χ0) is 9.14. The molecule has 1 aromatic rings. The minimum Gasteiger partial charge on any atom is -0.508 e. The fourth-order valence-corrected chi connectivity index (χ4v) is 0.757. The van der Waals surface area contributed by atoms with E-state index in [9.17, 15) is 4.79 Å². The normalized spacial score (nSPS) is 9.33. The highest BCUT2D eigenvalue weighted by atomic mass is 16.3. The summed E-state index contributed by atoms with van der Waals surface area (Å²) in [6.45, 7) is 0. The molecule has 0 saturated carbocycles. The van der Waals surface area contributed by atoms with Gasteiger partial charge >= 0.3 is 6.03 Å². The number of primary amides is 1. The van der Waals surface area contributed by atoms with Crippen LogP contribution in [0, 0.1) is 0 Å². The first-order chi connectivity index (χ1) is 5.59. The van der Waals surface area contributed by atoms with Gasteiger partial charge in [-0.2, -0.15) is 0 Å². The summed E-state index contributed by atoms with van der Waals surface area (Å²) in [6.07, 6.45) is 0. The van der Waals surface area contributed by atoms with E-state index in [1.54, 1.807) is 0 Å². The SMILES string of the molecule is NC(=O)Nc1cc(O)ccc1O. The van der Waals surface area contributed by atoms with Gasteiger partial charge in [0.05, 0.1) is 5.69 Å². The standard InChI is InChI=1S/C7H8N2O3/c8-7(12)9-5-3-4(10)1-2-6(5)11/h1-3,10-11H,(H3,8,9,12). The summed E-state index contributed by atoms with van der Waals surface area (Å²) in [5.74, 6) is -0.205. The Balaban J connectivity index is 2.97. The number of carbonyl (C=O) groups excluding carboxylic acids is 1. The van der Waals surface area contributed by atoms with Crippen LogP contribution in [0.3, 0.4) is 0 Å². The zero-order valence-corrected chi connectivity index (χ0v) is 6.11. The highest BCUT2D eigenvalue weighted by Crippen LogP contribution is 2.26. The van der Waals surface area contributed by atoms with Crippen LogP contribution >= 0.6 is 0 Å². The lowest BCUT2D eigenvalue weighted by Crippen LogP contribution is -2.19. The van der Waals surface area contributed by atoms with E-state index in [0.29, 0.717) is 0 Å². The molecule has 0 heterocycles. The molecule has 0 aliphatic heterocycles. The van der Waals surface area contributed by atoms with Crippen LogP contribution in [0.1, 0.15) is 0 Å². The van der Waals surface area contributed by atoms with Gasteiger partial charge in [-0.15, -0.1) is 0 Å². The number of carbonyl (C=O) groups is 1. The van der Waals surface area contributed by atoms with Gasteiger partial charge in [0.25, 0.3) is 0 Å². The highest BCUT2D eigenvalue weighted by molar-refractivity contribution is 5.89. The van der Waals surface area contributed by atoms with Crippen molar-refractivity contribution >= 4 is 11.7 Å². The van der Waals surface area contributed by atoms with Crippen LogP contribution in [0.15, 0.2) is 18.2 Å². The Morgan fingerprint density at radius 3 is 2.67 bits per heavy atom. The van der Waals surface area contributed by atoms with Crippen LogP contribution in [0.4, 0.5) is 10.5 Å². The number of hydrogen-bond acceptors (Lipinski definition) is 3. The van der Waals surface area contributed by atoms with Crippen molar-refractivity contribution in [2.24, 2.45) is 5.73 Å². The van der Waals surface area contributed by atoms with Crippen molar-refractivity contribution in [3.05, 3.63) is 18.2 Å². The molecule has 5 heteroatoms. The maximum atomic E-state index is 10.4. The Morgan fingerprint density at radius 1 is 1.42 bits per heavy atom. The molecule has 0 unspecified atom stereocenters. The van der Waals surface area contributed by atoms with Crippen molar-refractivity contribution in [2.45, 2.75) is 0 Å². The molecule has 0 aliphatic rings. The second kappa shape index (κ2) is 3.00. The summed E-state index contributed by atoms with van der Waals surface area (Å²) in [6, 6.07) is 2.94. The second-order valence-electron chi connectivity index (χ2n) is 2.19. The number of benzene rings is 1. The first kappa shape index (κ1) is 8.19. The molecule has 0 bridgehead atoms. The summed E-state index contributed by atoms with van der Waals surface area (Å²) >= 11 is 0. The van der Waals surface area contributed by atoms with Gasteiger partial charge in [-0.25, -0.2) is 4.79 Å². The largest absolute Gasteiger partial charge is 0.508 e. The number of rotatable bonds is 1. The van der Waals surface area contributed by atoms with Gasteiger partial charge in [0.1, 0.15) is 11.5 Å². The van der Waals surface area contributed by atoms with Gasteiger partial charge < -0.3 is 21.3 Å². The first-order valence-electron chi connectivity index (χ1n) is 3.18. The lowest BCUT2D eigenvalue weighted by molar-refractivity contribution is 0.259. The van der Waals surface area contributed by atoms with Crippen LogP contribution in [0.25, 0.3) is 0 Å². The Morgan fingerprint density at radius 2 is 2.08 bits per heavy atom. The van der Waals surface area contributed by atoms with Crippen LogP contribution in [-0.4, -0.2) is 16.2 Å². The van der Waals surface area contributed by atoms with Gasteiger partial charge in [-0.1, -0.05) is 0 Å². The number of hydrogen-bond donors (Lipinski definition) is 4. The molecule has 64 valence electrons. The number of aromatic hydroxyl groups is 2. The molecule has 5 nitrogen and oxygen atoms in total. The molecule has 0 spiro atoms. The van der Waals surface area contributed by atoms with E-state index >= 15 is 0 Å². The summed E-state index contributed by atoms with van der Waals surface area (Å²) in [4.78, 5) is 10.4. The lowest BCUT2D eigenvalue weighted by Gasteiger charge is -2.03. The Hall–Kier alpha value is -1.91. The molecule has 0 fully saturated rings. The van der Waals surface area contributed by atoms with E-state index < -0.39 is 6.03 Å². The van der Waals surface area contributed by atoms with Crippen molar-refractivity contribution < 1.29 is 15.0 Å². The molecule has 0 aliphatic carbocycles. The second-order valence-corrected chi connectivity index (χ2v) is 2.19. The van der Waals surface area contributed by atoms with Crippen LogP contribution in [-0.2, 0) is 0 Å². The molecule has 2 amide bonds. The van der Waals surface area contributed by atoms with Gasteiger partial charge in [0.2, 0.25) is 0 Å².